The van der Waals surface area contributed by atoms with Crippen molar-refractivity contribution in [2.24, 2.45) is 35.0 Å². The number of primary amides is 1. The molecule has 17 nitrogen and oxygen atoms in total. The number of hydrogen-bond donors (Lipinski definition) is 10. The highest BCUT2D eigenvalue weighted by molar-refractivity contribution is 5.92. The van der Waals surface area contributed by atoms with Crippen molar-refractivity contribution in [2.45, 2.75) is 165 Å². The Morgan fingerprint density at radius 2 is 0.967 bits per heavy atom. The van der Waals surface area contributed by atoms with E-state index in [4.69, 9.17) is 17.2 Å². The Bertz CT molecular complexity index is 1630. The Hall–Kier alpha value is -4.77. The molecule has 7 amide bonds. The van der Waals surface area contributed by atoms with Crippen molar-refractivity contribution in [3.05, 3.63) is 29.8 Å². The Balaban J connectivity index is 1.49. The number of phenolic OH excluding ortho intramolecular Hbond substituents is 1. The lowest BCUT2D eigenvalue weighted by Crippen LogP contribution is -2.59. The summed E-state index contributed by atoms with van der Waals surface area (Å²) in [5, 5.41) is 27.7. The van der Waals surface area contributed by atoms with Gasteiger partial charge in [0.15, 0.2) is 0 Å². The van der Waals surface area contributed by atoms with Crippen LogP contribution < -0.4 is 49.1 Å². The molecule has 3 aliphatic carbocycles. The topological polar surface area (TPSA) is 290 Å². The fraction of sp³-hybridized carbons (Fsp3) is 0.705. The lowest BCUT2D eigenvalue weighted by atomic mass is 9.82. The van der Waals surface area contributed by atoms with Crippen LogP contribution in [0.15, 0.2) is 24.3 Å². The Kier molecular flexibility index (Phi) is 20.2. The maximum absolute atomic E-state index is 14.3. The molecule has 3 fully saturated rings. The highest BCUT2D eigenvalue weighted by Gasteiger charge is 2.39. The number of unbranched alkanes of at least 4 members (excludes halogenated alkanes) is 2. The molecular weight excluding hydrogens is 783 g/mol. The normalized spacial score (nSPS) is 24.2. The van der Waals surface area contributed by atoms with Crippen molar-refractivity contribution in [1.29, 1.82) is 0 Å². The Morgan fingerprint density at radius 3 is 1.41 bits per heavy atom. The summed E-state index contributed by atoms with van der Waals surface area (Å²) in [4.78, 5) is 93.9. The molecule has 4 rings (SSSR count). The molecule has 0 aliphatic heterocycles. The Labute approximate surface area is 360 Å². The van der Waals surface area contributed by atoms with Gasteiger partial charge in [0.2, 0.25) is 41.4 Å². The second-order valence-electron chi connectivity index (χ2n) is 17.2. The van der Waals surface area contributed by atoms with Gasteiger partial charge in [-0.3, -0.25) is 33.6 Å². The molecular formula is C44H71N9O8. The zero-order valence-corrected chi connectivity index (χ0v) is 35.9. The number of hydrogen-bond acceptors (Lipinski definition) is 10. The molecule has 0 spiro atoms. The molecule has 61 heavy (non-hydrogen) atoms. The van der Waals surface area contributed by atoms with Gasteiger partial charge >= 0.3 is 0 Å². The first-order valence-electron chi connectivity index (χ1n) is 22.6. The average Bonchev–Trinajstić information content (AvgIpc) is 3.23. The summed E-state index contributed by atoms with van der Waals surface area (Å²) < 4.78 is 0. The minimum absolute atomic E-state index is 0.0479. The third-order valence-electron chi connectivity index (χ3n) is 12.5. The number of carbonyl (C=O) groups excluding carboxylic acids is 7. The van der Waals surface area contributed by atoms with Gasteiger partial charge in [-0.15, -0.1) is 0 Å². The van der Waals surface area contributed by atoms with Gasteiger partial charge in [-0.05, 0) is 108 Å². The number of benzene rings is 1. The number of carbonyl (C=O) groups is 7. The van der Waals surface area contributed by atoms with Gasteiger partial charge in [0.25, 0.3) is 0 Å². The van der Waals surface area contributed by atoms with E-state index >= 15 is 0 Å². The molecule has 0 heterocycles. The van der Waals surface area contributed by atoms with Gasteiger partial charge in [-0.1, -0.05) is 50.7 Å². The second kappa shape index (κ2) is 25.2. The van der Waals surface area contributed by atoms with Crippen molar-refractivity contribution in [2.75, 3.05) is 13.1 Å². The van der Waals surface area contributed by atoms with Crippen LogP contribution >= 0.6 is 0 Å². The molecule has 1 aromatic carbocycles. The van der Waals surface area contributed by atoms with E-state index in [1.807, 2.05) is 0 Å². The summed E-state index contributed by atoms with van der Waals surface area (Å²) in [6.07, 6.45) is 11.4. The summed E-state index contributed by atoms with van der Waals surface area (Å²) in [7, 11) is 0. The van der Waals surface area contributed by atoms with E-state index in [0.29, 0.717) is 95.7 Å². The van der Waals surface area contributed by atoms with E-state index < -0.39 is 71.6 Å². The maximum Gasteiger partial charge on any atom is 0.243 e. The predicted octanol–water partition coefficient (Wildman–Crippen LogP) is 1.18. The smallest absolute Gasteiger partial charge is 0.243 e. The third-order valence-corrected chi connectivity index (χ3v) is 12.5. The molecule has 3 aliphatic rings. The zero-order chi connectivity index (χ0) is 44.3. The van der Waals surface area contributed by atoms with Crippen LogP contribution in [0.5, 0.6) is 5.75 Å². The number of nitrogens with two attached hydrogens (primary N) is 3. The molecule has 13 N–H and O–H groups in total. The summed E-state index contributed by atoms with van der Waals surface area (Å²) in [5.74, 6) is -4.52. The second-order valence-corrected chi connectivity index (χ2v) is 17.2. The zero-order valence-electron chi connectivity index (χ0n) is 35.9. The highest BCUT2D eigenvalue weighted by atomic mass is 16.3. The quantitative estimate of drug-likeness (QED) is 0.0744. The van der Waals surface area contributed by atoms with E-state index in [1.165, 1.54) is 19.1 Å². The van der Waals surface area contributed by atoms with Gasteiger partial charge in [0, 0.05) is 31.5 Å². The number of nitrogens with one attached hydrogen (secondary N) is 6. The summed E-state index contributed by atoms with van der Waals surface area (Å²) in [6, 6.07) is 2.10. The number of rotatable bonds is 22. The lowest BCUT2D eigenvalue weighted by molar-refractivity contribution is -0.136. The average molecular weight is 854 g/mol. The van der Waals surface area contributed by atoms with Crippen LogP contribution in [0.1, 0.15) is 128 Å². The van der Waals surface area contributed by atoms with Crippen LogP contribution in [0.2, 0.25) is 0 Å². The number of aromatic hydroxyl groups is 1. The molecule has 3 saturated carbocycles. The SMILES string of the molecule is CC(=O)NC1CCCC[C@@H]1C(=O)N[C@H](CCCCN)C(=O)NC1CCCC[C@@H]1C(=O)N[C@H](Cc1ccc(O)cc1)C(=O)NC1CCCC[C@@H]1C(=O)N[C@H](CCCCN)C(N)=O. The van der Waals surface area contributed by atoms with Crippen molar-refractivity contribution in [3.63, 3.8) is 0 Å². The van der Waals surface area contributed by atoms with E-state index in [-0.39, 0.29) is 35.9 Å². The lowest BCUT2D eigenvalue weighted by Gasteiger charge is -2.35. The number of amides is 7. The van der Waals surface area contributed by atoms with Gasteiger partial charge in [-0.25, -0.2) is 0 Å². The van der Waals surface area contributed by atoms with E-state index in [2.05, 4.69) is 31.9 Å². The summed E-state index contributed by atoms with van der Waals surface area (Å²) in [5.41, 5.74) is 17.7. The van der Waals surface area contributed by atoms with E-state index in [9.17, 15) is 38.7 Å². The molecule has 0 radical (unpaired) electrons. The molecule has 0 bridgehead atoms. The van der Waals surface area contributed by atoms with Crippen molar-refractivity contribution >= 4 is 41.4 Å². The van der Waals surface area contributed by atoms with Gasteiger partial charge < -0.3 is 54.2 Å². The summed E-state index contributed by atoms with van der Waals surface area (Å²) in [6.45, 7) is 2.31. The fourth-order valence-electron chi connectivity index (χ4n) is 9.13. The van der Waals surface area contributed by atoms with Crippen LogP contribution in [0, 0.1) is 17.8 Å². The van der Waals surface area contributed by atoms with Gasteiger partial charge in [0.05, 0.1) is 17.8 Å². The van der Waals surface area contributed by atoms with Crippen LogP contribution in [0.25, 0.3) is 0 Å². The number of phenols is 1. The van der Waals surface area contributed by atoms with Crippen molar-refractivity contribution in [1.82, 2.24) is 31.9 Å². The first-order valence-corrected chi connectivity index (χ1v) is 22.6. The summed E-state index contributed by atoms with van der Waals surface area (Å²) >= 11 is 0. The van der Waals surface area contributed by atoms with Crippen LogP contribution in [0.3, 0.4) is 0 Å². The van der Waals surface area contributed by atoms with Crippen LogP contribution in [-0.2, 0) is 40.0 Å². The van der Waals surface area contributed by atoms with E-state index in [0.717, 1.165) is 38.5 Å². The third kappa shape index (κ3) is 15.6. The predicted molar refractivity (Wildman–Crippen MR) is 230 cm³/mol. The molecule has 9 atom stereocenters. The van der Waals surface area contributed by atoms with Gasteiger partial charge in [-0.2, -0.15) is 0 Å². The molecule has 340 valence electrons. The molecule has 0 aromatic heterocycles. The minimum atomic E-state index is -1.06. The van der Waals surface area contributed by atoms with Crippen molar-refractivity contribution in [3.8, 4) is 5.75 Å². The van der Waals surface area contributed by atoms with Gasteiger partial charge in [0.1, 0.15) is 23.9 Å². The molecule has 0 saturated heterocycles. The highest BCUT2D eigenvalue weighted by Crippen LogP contribution is 2.28. The Morgan fingerprint density at radius 1 is 0.574 bits per heavy atom. The minimum Gasteiger partial charge on any atom is -0.508 e. The first kappa shape index (κ1) is 48.9. The van der Waals surface area contributed by atoms with Crippen LogP contribution in [-0.4, -0.2) is 95.8 Å². The largest absolute Gasteiger partial charge is 0.508 e. The van der Waals surface area contributed by atoms with Crippen LogP contribution in [0.4, 0.5) is 0 Å². The molecule has 3 unspecified atom stereocenters. The monoisotopic (exact) mass is 854 g/mol. The fourth-order valence-corrected chi connectivity index (χ4v) is 9.13. The maximum atomic E-state index is 14.3. The van der Waals surface area contributed by atoms with Crippen molar-refractivity contribution < 1.29 is 38.7 Å². The molecule has 1 aromatic rings. The van der Waals surface area contributed by atoms with E-state index in [1.54, 1.807) is 12.1 Å². The first-order chi connectivity index (χ1) is 29.3. The molecule has 17 heteroatoms. The standard InChI is InChI=1S/C44H71N9O8/c1-27(54)48-33-15-5-2-12-30(33)41(58)52-37(19-9-11-25-46)43(60)49-34-16-6-4-14-32(34)42(59)53-38(26-28-20-22-29(55)23-21-28)44(61)50-35-17-7-3-13-31(35)40(57)51-36(39(47)56)18-8-10-24-45/h20-23,30-38,55H,2-19,24-26,45-46H2,1H3,(H2,47,56)(H,48,54)(H,49,60)(H,50,61)(H,51,57)(H,52,58)(H,53,59)/t30-,31-,32-,33?,34?,35?,36+,37+,38+/m0/s1.